The molecule has 0 aliphatic heterocycles. The van der Waals surface area contributed by atoms with Gasteiger partial charge in [0.2, 0.25) is 0 Å². The van der Waals surface area contributed by atoms with Crippen molar-refractivity contribution < 1.29 is 4.79 Å². The third-order valence-corrected chi connectivity index (χ3v) is 4.08. The van der Waals surface area contributed by atoms with E-state index in [1.165, 1.54) is 10.8 Å². The molecule has 1 aromatic heterocycles. The van der Waals surface area contributed by atoms with E-state index in [1.54, 1.807) is 11.3 Å². The van der Waals surface area contributed by atoms with Crippen molar-refractivity contribution in [2.45, 2.75) is 13.1 Å². The first-order valence-electron chi connectivity index (χ1n) is 6.82. The fraction of sp³-hybridized carbons (Fsp3) is 0.118. The average molecular weight is 296 g/mol. The molecule has 106 valence electrons. The summed E-state index contributed by atoms with van der Waals surface area (Å²) in [5, 5.41) is 12.2. The summed E-state index contributed by atoms with van der Waals surface area (Å²) < 4.78 is 0. The van der Waals surface area contributed by atoms with E-state index < -0.39 is 0 Å². The van der Waals surface area contributed by atoms with Gasteiger partial charge in [0.25, 0.3) is 0 Å². The molecule has 0 radical (unpaired) electrons. The summed E-state index contributed by atoms with van der Waals surface area (Å²) in [6, 6.07) is 16.2. The molecule has 3 rings (SSSR count). The van der Waals surface area contributed by atoms with E-state index in [0.717, 1.165) is 11.1 Å². The Morgan fingerprint density at radius 1 is 0.952 bits per heavy atom. The van der Waals surface area contributed by atoms with Gasteiger partial charge in [0.15, 0.2) is 0 Å². The number of amides is 2. The van der Waals surface area contributed by atoms with Crippen molar-refractivity contribution in [2.24, 2.45) is 0 Å². The van der Waals surface area contributed by atoms with Crippen LogP contribution in [0.1, 0.15) is 11.1 Å². The average Bonchev–Trinajstić information content (AvgIpc) is 3.04. The normalized spacial score (nSPS) is 10.5. The van der Waals surface area contributed by atoms with E-state index in [9.17, 15) is 4.79 Å². The molecule has 3 nitrogen and oxygen atoms in total. The third kappa shape index (κ3) is 3.41. The van der Waals surface area contributed by atoms with Gasteiger partial charge in [-0.3, -0.25) is 0 Å². The smallest absolute Gasteiger partial charge is 0.315 e. The third-order valence-electron chi connectivity index (χ3n) is 3.35. The predicted molar refractivity (Wildman–Crippen MR) is 87.3 cm³/mol. The first-order chi connectivity index (χ1) is 10.3. The van der Waals surface area contributed by atoms with E-state index in [0.29, 0.717) is 13.1 Å². The molecular formula is C17H16N2OS. The van der Waals surface area contributed by atoms with E-state index >= 15 is 0 Å². The molecule has 4 heteroatoms. The van der Waals surface area contributed by atoms with Gasteiger partial charge in [0.05, 0.1) is 0 Å². The zero-order chi connectivity index (χ0) is 14.5. The molecule has 0 aliphatic rings. The van der Waals surface area contributed by atoms with E-state index in [1.807, 2.05) is 41.1 Å². The predicted octanol–water partition coefficient (Wildman–Crippen LogP) is 3.90. The van der Waals surface area contributed by atoms with Crippen molar-refractivity contribution >= 4 is 28.1 Å². The summed E-state index contributed by atoms with van der Waals surface area (Å²) in [6.07, 6.45) is 0. The van der Waals surface area contributed by atoms with E-state index in [2.05, 4.69) is 28.8 Å². The molecule has 2 amide bonds. The number of hydrogen-bond donors (Lipinski definition) is 2. The van der Waals surface area contributed by atoms with Crippen molar-refractivity contribution in [2.75, 3.05) is 0 Å². The topological polar surface area (TPSA) is 41.1 Å². The lowest BCUT2D eigenvalue weighted by Crippen LogP contribution is -2.34. The Balaban J connectivity index is 1.60. The van der Waals surface area contributed by atoms with Gasteiger partial charge in [-0.25, -0.2) is 4.79 Å². The molecule has 0 fully saturated rings. The highest BCUT2D eigenvalue weighted by atomic mass is 32.1. The molecule has 0 saturated carbocycles. The minimum absolute atomic E-state index is 0.144. The number of nitrogens with one attached hydrogen (secondary N) is 2. The summed E-state index contributed by atoms with van der Waals surface area (Å²) in [5.74, 6) is 0. The Labute approximate surface area is 127 Å². The number of fused-ring (bicyclic) bond motifs is 1. The number of thiophene rings is 1. The van der Waals surface area contributed by atoms with Crippen molar-refractivity contribution in [1.82, 2.24) is 10.6 Å². The van der Waals surface area contributed by atoms with Crippen LogP contribution in [0.5, 0.6) is 0 Å². The number of hydrogen-bond acceptors (Lipinski definition) is 2. The minimum atomic E-state index is -0.144. The summed E-state index contributed by atoms with van der Waals surface area (Å²) in [6.45, 7) is 1.09. The number of carbonyl (C=O) groups excluding carboxylic acids is 1. The molecule has 0 bridgehead atoms. The Morgan fingerprint density at radius 2 is 1.76 bits per heavy atom. The Hall–Kier alpha value is -2.33. The molecular weight excluding hydrogens is 280 g/mol. The quantitative estimate of drug-likeness (QED) is 0.753. The molecule has 0 atom stereocenters. The Kier molecular flexibility index (Phi) is 4.17. The van der Waals surface area contributed by atoms with Crippen LogP contribution in [0.15, 0.2) is 59.3 Å². The molecule has 0 saturated heterocycles. The van der Waals surface area contributed by atoms with Crippen LogP contribution in [0.3, 0.4) is 0 Å². The summed E-state index contributed by atoms with van der Waals surface area (Å²) in [5.41, 5.74) is 2.25. The van der Waals surface area contributed by atoms with Crippen molar-refractivity contribution in [3.05, 3.63) is 70.4 Å². The number of urea groups is 1. The van der Waals surface area contributed by atoms with Crippen LogP contribution in [-0.2, 0) is 13.1 Å². The van der Waals surface area contributed by atoms with E-state index in [4.69, 9.17) is 0 Å². The van der Waals surface area contributed by atoms with Crippen LogP contribution in [0.2, 0.25) is 0 Å². The molecule has 0 aliphatic carbocycles. The summed E-state index contributed by atoms with van der Waals surface area (Å²) in [7, 11) is 0. The highest BCUT2D eigenvalue weighted by Gasteiger charge is 2.03. The zero-order valence-corrected chi connectivity index (χ0v) is 12.3. The molecule has 3 aromatic rings. The maximum atomic E-state index is 11.8. The molecule has 21 heavy (non-hydrogen) atoms. The fourth-order valence-corrected chi connectivity index (χ4v) is 2.93. The lowest BCUT2D eigenvalue weighted by Gasteiger charge is -2.09. The standard InChI is InChI=1S/C17H16N2OS/c20-17(18-10-13-8-9-21-12-13)19-11-15-6-3-5-14-4-1-2-7-16(14)15/h1-9,12H,10-11H2,(H2,18,19,20). The van der Waals surface area contributed by atoms with Crippen LogP contribution >= 0.6 is 11.3 Å². The van der Waals surface area contributed by atoms with Gasteiger partial charge >= 0.3 is 6.03 Å². The molecule has 0 spiro atoms. The van der Waals surface area contributed by atoms with Gasteiger partial charge in [0, 0.05) is 13.1 Å². The number of benzene rings is 2. The molecule has 2 aromatic carbocycles. The minimum Gasteiger partial charge on any atom is -0.334 e. The van der Waals surface area contributed by atoms with Gasteiger partial charge in [-0.05, 0) is 38.7 Å². The van der Waals surface area contributed by atoms with Gasteiger partial charge in [-0.1, -0.05) is 42.5 Å². The summed E-state index contributed by atoms with van der Waals surface area (Å²) in [4.78, 5) is 11.8. The first kappa shape index (κ1) is 13.6. The number of carbonyl (C=O) groups is 1. The second kappa shape index (κ2) is 6.41. The lowest BCUT2D eigenvalue weighted by atomic mass is 10.0. The van der Waals surface area contributed by atoms with Gasteiger partial charge in [-0.15, -0.1) is 0 Å². The molecule has 0 unspecified atom stereocenters. The van der Waals surface area contributed by atoms with Crippen LogP contribution < -0.4 is 10.6 Å². The lowest BCUT2D eigenvalue weighted by molar-refractivity contribution is 0.240. The fourth-order valence-electron chi connectivity index (χ4n) is 2.26. The van der Waals surface area contributed by atoms with Crippen LogP contribution in [0, 0.1) is 0 Å². The highest BCUT2D eigenvalue weighted by molar-refractivity contribution is 7.07. The van der Waals surface area contributed by atoms with Gasteiger partial charge < -0.3 is 10.6 Å². The maximum absolute atomic E-state index is 11.8. The van der Waals surface area contributed by atoms with Crippen LogP contribution in [0.4, 0.5) is 4.79 Å². The van der Waals surface area contributed by atoms with Crippen LogP contribution in [0.25, 0.3) is 10.8 Å². The van der Waals surface area contributed by atoms with Crippen LogP contribution in [-0.4, -0.2) is 6.03 Å². The highest BCUT2D eigenvalue weighted by Crippen LogP contribution is 2.18. The Morgan fingerprint density at radius 3 is 2.62 bits per heavy atom. The molecule has 2 N–H and O–H groups in total. The van der Waals surface area contributed by atoms with E-state index in [-0.39, 0.29) is 6.03 Å². The SMILES string of the molecule is O=C(NCc1ccsc1)NCc1cccc2ccccc12. The first-order valence-corrected chi connectivity index (χ1v) is 7.76. The van der Waals surface area contributed by atoms with Gasteiger partial charge in [0.1, 0.15) is 0 Å². The van der Waals surface area contributed by atoms with Gasteiger partial charge in [-0.2, -0.15) is 11.3 Å². The molecule has 1 heterocycles. The number of rotatable bonds is 4. The Bertz CT molecular complexity index is 732. The zero-order valence-electron chi connectivity index (χ0n) is 11.5. The second-order valence-corrected chi connectivity index (χ2v) is 5.59. The van der Waals surface area contributed by atoms with Crippen molar-refractivity contribution in [3.8, 4) is 0 Å². The second-order valence-electron chi connectivity index (χ2n) is 4.81. The monoisotopic (exact) mass is 296 g/mol. The largest absolute Gasteiger partial charge is 0.334 e. The van der Waals surface area contributed by atoms with Crippen molar-refractivity contribution in [3.63, 3.8) is 0 Å². The maximum Gasteiger partial charge on any atom is 0.315 e. The summed E-state index contributed by atoms with van der Waals surface area (Å²) >= 11 is 1.63. The van der Waals surface area contributed by atoms with Crippen molar-refractivity contribution in [1.29, 1.82) is 0 Å².